The summed E-state index contributed by atoms with van der Waals surface area (Å²) in [6.45, 7) is 4.51. The van der Waals surface area contributed by atoms with Gasteiger partial charge in [-0.2, -0.15) is 11.8 Å². The monoisotopic (exact) mass is 232 g/mol. The van der Waals surface area contributed by atoms with Gasteiger partial charge in [-0.25, -0.2) is 0 Å². The Morgan fingerprint density at radius 3 is 2.80 bits per heavy atom. The number of rotatable bonds is 5. The van der Waals surface area contributed by atoms with Crippen molar-refractivity contribution >= 4 is 17.7 Å². The highest BCUT2D eigenvalue weighted by molar-refractivity contribution is 7.99. The van der Waals surface area contributed by atoms with Gasteiger partial charge in [0.1, 0.15) is 0 Å². The number of hydrogen-bond acceptors (Lipinski definition) is 4. The molecule has 88 valence electrons. The van der Waals surface area contributed by atoms with Crippen LogP contribution in [0, 0.1) is 0 Å². The van der Waals surface area contributed by atoms with Crippen LogP contribution < -0.4 is 5.32 Å². The molecule has 0 aliphatic carbocycles. The molecule has 4 nitrogen and oxygen atoms in total. The number of aliphatic hydroxyl groups is 1. The molecule has 0 aromatic carbocycles. The lowest BCUT2D eigenvalue weighted by Gasteiger charge is -2.29. The lowest BCUT2D eigenvalue weighted by atomic mass is 10.2. The van der Waals surface area contributed by atoms with Crippen molar-refractivity contribution in [3.05, 3.63) is 0 Å². The van der Waals surface area contributed by atoms with Crippen molar-refractivity contribution in [3.8, 4) is 0 Å². The highest BCUT2D eigenvalue weighted by Gasteiger charge is 2.21. The fraction of sp³-hybridized carbons (Fsp3) is 0.900. The summed E-state index contributed by atoms with van der Waals surface area (Å²) in [4.78, 5) is 13.8. The van der Waals surface area contributed by atoms with Crippen molar-refractivity contribution in [3.63, 3.8) is 0 Å². The molecule has 0 radical (unpaired) electrons. The number of hydrogen-bond donors (Lipinski definition) is 2. The molecule has 0 unspecified atom stereocenters. The summed E-state index contributed by atoms with van der Waals surface area (Å²) < 4.78 is 0. The standard InChI is InChI=1S/C10H20N2O2S/c1-9(11-3-2-6-13)10(14)12-4-7-15-8-5-12/h9,11,13H,2-8H2,1H3/t9-/m0/s1. The first-order chi connectivity index (χ1) is 7.25. The molecular weight excluding hydrogens is 212 g/mol. The molecule has 0 spiro atoms. The van der Waals surface area contributed by atoms with Crippen LogP contribution in [0.4, 0.5) is 0 Å². The number of carbonyl (C=O) groups excluding carboxylic acids is 1. The normalized spacial score (nSPS) is 18.9. The molecule has 1 atom stereocenters. The van der Waals surface area contributed by atoms with Crippen LogP contribution in [0.2, 0.25) is 0 Å². The van der Waals surface area contributed by atoms with Crippen LogP contribution in [-0.2, 0) is 4.79 Å². The zero-order valence-electron chi connectivity index (χ0n) is 9.24. The summed E-state index contributed by atoms with van der Waals surface area (Å²) >= 11 is 1.90. The van der Waals surface area contributed by atoms with Crippen LogP contribution in [0.15, 0.2) is 0 Å². The molecule has 0 bridgehead atoms. The van der Waals surface area contributed by atoms with Gasteiger partial charge >= 0.3 is 0 Å². The summed E-state index contributed by atoms with van der Waals surface area (Å²) in [5, 5.41) is 11.8. The van der Waals surface area contributed by atoms with Gasteiger partial charge in [-0.3, -0.25) is 4.79 Å². The fourth-order valence-electron chi connectivity index (χ4n) is 1.54. The highest BCUT2D eigenvalue weighted by atomic mass is 32.2. The number of amides is 1. The maximum Gasteiger partial charge on any atom is 0.239 e. The van der Waals surface area contributed by atoms with Gasteiger partial charge in [0.2, 0.25) is 5.91 Å². The van der Waals surface area contributed by atoms with Gasteiger partial charge in [0.05, 0.1) is 6.04 Å². The Balaban J connectivity index is 2.24. The van der Waals surface area contributed by atoms with Crippen molar-refractivity contribution in [2.24, 2.45) is 0 Å². The van der Waals surface area contributed by atoms with E-state index < -0.39 is 0 Å². The zero-order valence-corrected chi connectivity index (χ0v) is 10.1. The van der Waals surface area contributed by atoms with E-state index in [1.54, 1.807) is 0 Å². The smallest absolute Gasteiger partial charge is 0.239 e. The molecule has 0 aromatic rings. The number of aliphatic hydroxyl groups excluding tert-OH is 1. The fourth-order valence-corrected chi connectivity index (χ4v) is 2.45. The molecular formula is C10H20N2O2S. The third-order valence-corrected chi connectivity index (χ3v) is 3.42. The molecule has 0 saturated carbocycles. The molecule has 1 amide bonds. The van der Waals surface area contributed by atoms with E-state index in [9.17, 15) is 4.79 Å². The molecule has 1 aliphatic heterocycles. The lowest BCUT2D eigenvalue weighted by Crippen LogP contribution is -2.48. The van der Waals surface area contributed by atoms with Crippen LogP contribution in [0.3, 0.4) is 0 Å². The Kier molecular flexibility index (Phi) is 6.05. The van der Waals surface area contributed by atoms with Crippen LogP contribution in [-0.4, -0.2) is 59.7 Å². The van der Waals surface area contributed by atoms with Gasteiger partial charge < -0.3 is 15.3 Å². The predicted octanol–water partition coefficient (Wildman–Crippen LogP) is -0.0777. The summed E-state index contributed by atoms with van der Waals surface area (Å²) in [5.41, 5.74) is 0. The molecule has 15 heavy (non-hydrogen) atoms. The van der Waals surface area contributed by atoms with Crippen LogP contribution in [0.25, 0.3) is 0 Å². The Bertz CT molecular complexity index is 196. The van der Waals surface area contributed by atoms with E-state index in [0.717, 1.165) is 24.6 Å². The first kappa shape index (κ1) is 12.8. The molecule has 1 saturated heterocycles. The Morgan fingerprint density at radius 1 is 1.53 bits per heavy atom. The second kappa shape index (κ2) is 7.09. The molecule has 1 heterocycles. The number of nitrogens with one attached hydrogen (secondary N) is 1. The quantitative estimate of drug-likeness (QED) is 0.651. The lowest BCUT2D eigenvalue weighted by molar-refractivity contribution is -0.132. The Morgan fingerprint density at radius 2 is 2.20 bits per heavy atom. The van der Waals surface area contributed by atoms with Crippen LogP contribution >= 0.6 is 11.8 Å². The summed E-state index contributed by atoms with van der Waals surface area (Å²) in [6.07, 6.45) is 0.702. The van der Waals surface area contributed by atoms with E-state index in [0.29, 0.717) is 13.0 Å². The van der Waals surface area contributed by atoms with E-state index in [1.165, 1.54) is 0 Å². The average molecular weight is 232 g/mol. The first-order valence-electron chi connectivity index (χ1n) is 5.46. The second-order valence-corrected chi connectivity index (χ2v) is 4.92. The SMILES string of the molecule is C[C@H](NCCCO)C(=O)N1CCSCC1. The van der Waals surface area contributed by atoms with Gasteiger partial charge in [0.15, 0.2) is 0 Å². The molecule has 1 rings (SSSR count). The van der Waals surface area contributed by atoms with E-state index in [-0.39, 0.29) is 18.6 Å². The number of nitrogens with zero attached hydrogens (tertiary/aromatic N) is 1. The summed E-state index contributed by atoms with van der Waals surface area (Å²) in [6, 6.07) is -0.125. The molecule has 2 N–H and O–H groups in total. The van der Waals surface area contributed by atoms with Crippen molar-refractivity contribution in [2.45, 2.75) is 19.4 Å². The third kappa shape index (κ3) is 4.40. The van der Waals surface area contributed by atoms with E-state index in [2.05, 4.69) is 5.32 Å². The van der Waals surface area contributed by atoms with Gasteiger partial charge in [-0.1, -0.05) is 0 Å². The first-order valence-corrected chi connectivity index (χ1v) is 6.62. The summed E-state index contributed by atoms with van der Waals surface area (Å²) in [5.74, 6) is 2.29. The van der Waals surface area contributed by atoms with E-state index >= 15 is 0 Å². The number of carbonyl (C=O) groups is 1. The summed E-state index contributed by atoms with van der Waals surface area (Å²) in [7, 11) is 0. The molecule has 5 heteroatoms. The largest absolute Gasteiger partial charge is 0.396 e. The Hall–Kier alpha value is -0.260. The van der Waals surface area contributed by atoms with Crippen molar-refractivity contribution in [1.82, 2.24) is 10.2 Å². The maximum absolute atomic E-state index is 11.9. The van der Waals surface area contributed by atoms with Crippen molar-refractivity contribution < 1.29 is 9.90 Å². The predicted molar refractivity (Wildman–Crippen MR) is 63.1 cm³/mol. The molecule has 1 aliphatic rings. The van der Waals surface area contributed by atoms with E-state index in [4.69, 9.17) is 5.11 Å². The van der Waals surface area contributed by atoms with Gasteiger partial charge in [0.25, 0.3) is 0 Å². The van der Waals surface area contributed by atoms with Crippen molar-refractivity contribution in [2.75, 3.05) is 37.7 Å². The second-order valence-electron chi connectivity index (χ2n) is 3.69. The minimum atomic E-state index is -0.125. The van der Waals surface area contributed by atoms with Gasteiger partial charge in [-0.15, -0.1) is 0 Å². The zero-order chi connectivity index (χ0) is 11.1. The number of thioether (sulfide) groups is 1. The maximum atomic E-state index is 11.9. The van der Waals surface area contributed by atoms with Gasteiger partial charge in [0, 0.05) is 31.2 Å². The average Bonchev–Trinajstić information content (AvgIpc) is 2.29. The minimum Gasteiger partial charge on any atom is -0.396 e. The Labute approximate surface area is 95.4 Å². The van der Waals surface area contributed by atoms with Crippen LogP contribution in [0.1, 0.15) is 13.3 Å². The highest BCUT2D eigenvalue weighted by Crippen LogP contribution is 2.10. The van der Waals surface area contributed by atoms with Crippen LogP contribution in [0.5, 0.6) is 0 Å². The molecule has 1 fully saturated rings. The van der Waals surface area contributed by atoms with Gasteiger partial charge in [-0.05, 0) is 19.9 Å². The van der Waals surface area contributed by atoms with Crippen molar-refractivity contribution in [1.29, 1.82) is 0 Å². The minimum absolute atomic E-state index is 0.125. The topological polar surface area (TPSA) is 52.6 Å². The van der Waals surface area contributed by atoms with E-state index in [1.807, 2.05) is 23.6 Å². The third-order valence-electron chi connectivity index (χ3n) is 2.48. The molecule has 0 aromatic heterocycles.